The van der Waals surface area contributed by atoms with Gasteiger partial charge in [-0.1, -0.05) is 158 Å². The van der Waals surface area contributed by atoms with Crippen LogP contribution in [0.1, 0.15) is 0 Å². The van der Waals surface area contributed by atoms with Crippen LogP contribution in [0.2, 0.25) is 0 Å². The molecule has 0 unspecified atom stereocenters. The Morgan fingerprint density at radius 1 is 0.333 bits per heavy atom. The lowest BCUT2D eigenvalue weighted by Crippen LogP contribution is -2.04. The Morgan fingerprint density at radius 2 is 0.737 bits per heavy atom. The first-order valence-corrected chi connectivity index (χ1v) is 19.1. The quantitative estimate of drug-likeness (QED) is 0.131. The zero-order valence-electron chi connectivity index (χ0n) is 30.8. The van der Waals surface area contributed by atoms with Crippen molar-refractivity contribution >= 4 is 59.8 Å². The summed E-state index contributed by atoms with van der Waals surface area (Å²) in [5.41, 5.74) is 10.8. The van der Waals surface area contributed by atoms with Crippen molar-refractivity contribution in [2.45, 2.75) is 0 Å². The number of benzene rings is 9. The standard InChI is InChI=1S/C53H32N4/c1-54-40-25-20-36(21-26-40)50-33-49(35-14-6-3-7-15-35)55-53(56-50)57-51-28-23-37(34-12-4-2-5-13-34)31-47(51)48-32-39(24-29-52(48)57)38-22-27-45-43-18-9-8-16-41(43)42-17-10-11-19-44(42)46(45)30-38/h2-33H. The van der Waals surface area contributed by atoms with Gasteiger partial charge in [0, 0.05) is 16.3 Å². The van der Waals surface area contributed by atoms with Crippen LogP contribution in [0.3, 0.4) is 0 Å². The van der Waals surface area contributed by atoms with Gasteiger partial charge in [0.05, 0.1) is 29.0 Å². The highest BCUT2D eigenvalue weighted by Crippen LogP contribution is 2.40. The summed E-state index contributed by atoms with van der Waals surface area (Å²) in [5, 5.41) is 9.83. The van der Waals surface area contributed by atoms with Crippen molar-refractivity contribution in [1.82, 2.24) is 14.5 Å². The summed E-state index contributed by atoms with van der Waals surface area (Å²) in [6, 6.07) is 68.3. The van der Waals surface area contributed by atoms with E-state index >= 15 is 0 Å². The first kappa shape index (κ1) is 32.6. The SMILES string of the molecule is [C-]#[N+]c1ccc(-c2cc(-c3ccccc3)nc(-n3c4ccc(-c5ccccc5)cc4c4cc(-c5ccc6c7ccccc7c7ccccc7c6c5)ccc43)n2)cc1. The van der Waals surface area contributed by atoms with Crippen LogP contribution in [0.5, 0.6) is 0 Å². The van der Waals surface area contributed by atoms with Crippen LogP contribution in [0.4, 0.5) is 5.69 Å². The molecule has 4 heteroatoms. The Morgan fingerprint density at radius 3 is 1.28 bits per heavy atom. The van der Waals surface area contributed by atoms with Crippen molar-refractivity contribution in [3.05, 3.63) is 206 Å². The summed E-state index contributed by atoms with van der Waals surface area (Å²) in [6.07, 6.45) is 0. The number of rotatable bonds is 5. The van der Waals surface area contributed by atoms with E-state index in [1.54, 1.807) is 0 Å². The van der Waals surface area contributed by atoms with Crippen molar-refractivity contribution in [3.8, 4) is 50.7 Å². The molecule has 0 bridgehead atoms. The molecular weight excluding hydrogens is 693 g/mol. The van der Waals surface area contributed by atoms with Crippen molar-refractivity contribution in [1.29, 1.82) is 0 Å². The summed E-state index contributed by atoms with van der Waals surface area (Å²) in [6.45, 7) is 7.48. The monoisotopic (exact) mass is 724 g/mol. The molecule has 0 aliphatic heterocycles. The molecule has 0 N–H and O–H groups in total. The fourth-order valence-corrected chi connectivity index (χ4v) is 8.46. The molecule has 0 spiro atoms. The first-order chi connectivity index (χ1) is 28.2. The maximum atomic E-state index is 7.48. The van der Waals surface area contributed by atoms with E-state index < -0.39 is 0 Å². The number of hydrogen-bond acceptors (Lipinski definition) is 2. The Labute approximate surface area is 329 Å². The zero-order valence-corrected chi connectivity index (χ0v) is 30.8. The molecule has 11 aromatic rings. The van der Waals surface area contributed by atoms with Gasteiger partial charge < -0.3 is 0 Å². The molecule has 2 heterocycles. The van der Waals surface area contributed by atoms with Crippen LogP contribution in [0.15, 0.2) is 194 Å². The van der Waals surface area contributed by atoms with Crippen LogP contribution in [-0.4, -0.2) is 14.5 Å². The fourth-order valence-electron chi connectivity index (χ4n) is 8.46. The van der Waals surface area contributed by atoms with E-state index in [1.807, 2.05) is 48.5 Å². The minimum absolute atomic E-state index is 0.588. The molecule has 0 aliphatic carbocycles. The van der Waals surface area contributed by atoms with Crippen LogP contribution >= 0.6 is 0 Å². The molecule has 9 aromatic carbocycles. The van der Waals surface area contributed by atoms with Crippen molar-refractivity contribution in [2.24, 2.45) is 0 Å². The van der Waals surface area contributed by atoms with Gasteiger partial charge in [-0.2, -0.15) is 0 Å². The van der Waals surface area contributed by atoms with Gasteiger partial charge in [0.15, 0.2) is 5.69 Å². The normalized spacial score (nSPS) is 11.5. The van der Waals surface area contributed by atoms with Gasteiger partial charge in [-0.05, 0) is 96.5 Å². The summed E-state index contributed by atoms with van der Waals surface area (Å²) in [4.78, 5) is 14.1. The average Bonchev–Trinajstić information content (AvgIpc) is 3.62. The Hall–Kier alpha value is -7.87. The van der Waals surface area contributed by atoms with Crippen LogP contribution < -0.4 is 0 Å². The topological polar surface area (TPSA) is 35.1 Å². The van der Waals surface area contributed by atoms with Crippen LogP contribution in [0, 0.1) is 6.57 Å². The molecule has 0 fully saturated rings. The molecule has 0 amide bonds. The van der Waals surface area contributed by atoms with Crippen LogP contribution in [-0.2, 0) is 0 Å². The molecular formula is C53H32N4. The lowest BCUT2D eigenvalue weighted by atomic mass is 9.92. The molecule has 0 saturated heterocycles. The van der Waals surface area contributed by atoms with Gasteiger partial charge >= 0.3 is 0 Å². The lowest BCUT2D eigenvalue weighted by molar-refractivity contribution is 0.996. The average molecular weight is 725 g/mol. The van der Waals surface area contributed by atoms with Gasteiger partial charge in [0.25, 0.3) is 0 Å². The van der Waals surface area contributed by atoms with Crippen molar-refractivity contribution < 1.29 is 0 Å². The predicted molar refractivity (Wildman–Crippen MR) is 237 cm³/mol. The molecule has 0 atom stereocenters. The van der Waals surface area contributed by atoms with Gasteiger partial charge in [-0.25, -0.2) is 14.8 Å². The minimum atomic E-state index is 0.588. The van der Waals surface area contributed by atoms with Crippen LogP contribution in [0.25, 0.3) is 110 Å². The molecule has 264 valence electrons. The predicted octanol–water partition coefficient (Wildman–Crippen LogP) is 14.3. The maximum absolute atomic E-state index is 7.48. The van der Waals surface area contributed by atoms with E-state index in [9.17, 15) is 0 Å². The van der Waals surface area contributed by atoms with Gasteiger partial charge in [0.2, 0.25) is 5.95 Å². The van der Waals surface area contributed by atoms with E-state index in [4.69, 9.17) is 16.5 Å². The summed E-state index contributed by atoms with van der Waals surface area (Å²) < 4.78 is 2.20. The van der Waals surface area contributed by atoms with E-state index in [1.165, 1.54) is 32.3 Å². The van der Waals surface area contributed by atoms with Crippen molar-refractivity contribution in [2.75, 3.05) is 0 Å². The van der Waals surface area contributed by atoms with E-state index in [0.29, 0.717) is 11.6 Å². The van der Waals surface area contributed by atoms with Gasteiger partial charge in [0.1, 0.15) is 0 Å². The molecule has 0 aliphatic rings. The third kappa shape index (κ3) is 5.45. The Bertz CT molecular complexity index is 3360. The smallest absolute Gasteiger partial charge is 0.235 e. The maximum Gasteiger partial charge on any atom is 0.235 e. The fraction of sp³-hybridized carbons (Fsp3) is 0. The largest absolute Gasteiger partial charge is 0.278 e. The third-order valence-corrected chi connectivity index (χ3v) is 11.2. The second kappa shape index (κ2) is 13.2. The molecule has 0 radical (unpaired) electrons. The molecule has 4 nitrogen and oxygen atoms in total. The highest BCUT2D eigenvalue weighted by atomic mass is 15.2. The summed E-state index contributed by atoms with van der Waals surface area (Å²) in [5.74, 6) is 0.588. The molecule has 2 aromatic heterocycles. The van der Waals surface area contributed by atoms with Crippen molar-refractivity contribution in [3.63, 3.8) is 0 Å². The highest BCUT2D eigenvalue weighted by Gasteiger charge is 2.19. The zero-order chi connectivity index (χ0) is 37.9. The minimum Gasteiger partial charge on any atom is -0.278 e. The third-order valence-electron chi connectivity index (χ3n) is 11.2. The number of fused-ring (bicyclic) bond motifs is 9. The highest BCUT2D eigenvalue weighted by molar-refractivity contribution is 6.25. The molecule has 0 saturated carbocycles. The molecule has 57 heavy (non-hydrogen) atoms. The Kier molecular flexibility index (Phi) is 7.52. The lowest BCUT2D eigenvalue weighted by Gasteiger charge is -2.13. The number of aromatic nitrogens is 3. The second-order valence-electron chi connectivity index (χ2n) is 14.5. The van der Waals surface area contributed by atoms with Gasteiger partial charge in [-0.15, -0.1) is 0 Å². The van der Waals surface area contributed by atoms with E-state index in [0.717, 1.165) is 66.6 Å². The number of hydrogen-bond donors (Lipinski definition) is 0. The molecule has 11 rings (SSSR count). The second-order valence-corrected chi connectivity index (χ2v) is 14.5. The number of nitrogens with zero attached hydrogens (tertiary/aromatic N) is 4. The van der Waals surface area contributed by atoms with E-state index in [2.05, 4.69) is 155 Å². The summed E-state index contributed by atoms with van der Waals surface area (Å²) in [7, 11) is 0. The Balaban J connectivity index is 1.16. The van der Waals surface area contributed by atoms with E-state index in [-0.39, 0.29) is 0 Å². The van der Waals surface area contributed by atoms with Gasteiger partial charge in [-0.3, -0.25) is 4.57 Å². The first-order valence-electron chi connectivity index (χ1n) is 19.1. The summed E-state index contributed by atoms with van der Waals surface area (Å²) >= 11 is 0.